The minimum atomic E-state index is -1.30. The topological polar surface area (TPSA) is 54.4 Å². The third kappa shape index (κ3) is 1.67. The lowest BCUT2D eigenvalue weighted by Crippen LogP contribution is -2.01. The van der Waals surface area contributed by atoms with Crippen molar-refractivity contribution >= 4 is 23.9 Å². The van der Waals surface area contributed by atoms with E-state index in [0.717, 1.165) is 12.1 Å². The molecule has 0 saturated heterocycles. The molecule has 0 aliphatic rings. The number of carbonyl (C=O) groups is 2. The SMILES string of the molecule is O=Cc1c(F)ccc(C(=O)O)c1Cl. The molecular formula is C8H4ClFO3. The van der Waals surface area contributed by atoms with Gasteiger partial charge in [0.05, 0.1) is 16.1 Å². The van der Waals surface area contributed by atoms with Gasteiger partial charge in [0.15, 0.2) is 6.29 Å². The van der Waals surface area contributed by atoms with Crippen LogP contribution in [0.4, 0.5) is 4.39 Å². The summed E-state index contributed by atoms with van der Waals surface area (Å²) in [5, 5.41) is 8.18. The quantitative estimate of drug-likeness (QED) is 0.747. The molecule has 0 heterocycles. The Balaban J connectivity index is 3.44. The Morgan fingerprint density at radius 2 is 2.15 bits per heavy atom. The normalized spacial score (nSPS) is 9.69. The van der Waals surface area contributed by atoms with Crippen molar-refractivity contribution in [1.82, 2.24) is 0 Å². The van der Waals surface area contributed by atoms with Crippen LogP contribution in [0.15, 0.2) is 12.1 Å². The van der Waals surface area contributed by atoms with Gasteiger partial charge in [-0.3, -0.25) is 4.79 Å². The molecule has 0 bridgehead atoms. The third-order valence-corrected chi connectivity index (χ3v) is 1.88. The minimum absolute atomic E-state index is 0.185. The molecule has 0 radical (unpaired) electrons. The molecule has 1 N–H and O–H groups in total. The van der Waals surface area contributed by atoms with Gasteiger partial charge in [0.2, 0.25) is 0 Å². The summed E-state index contributed by atoms with van der Waals surface area (Å²) >= 11 is 5.46. The van der Waals surface area contributed by atoms with Gasteiger partial charge in [0.1, 0.15) is 5.82 Å². The molecule has 0 aliphatic heterocycles. The van der Waals surface area contributed by atoms with E-state index in [0.29, 0.717) is 0 Å². The van der Waals surface area contributed by atoms with E-state index in [1.807, 2.05) is 0 Å². The molecule has 68 valence electrons. The Kier molecular flexibility index (Phi) is 2.63. The van der Waals surface area contributed by atoms with Crippen LogP contribution in [-0.4, -0.2) is 17.4 Å². The maximum Gasteiger partial charge on any atom is 0.337 e. The molecule has 0 aliphatic carbocycles. The van der Waals surface area contributed by atoms with E-state index in [2.05, 4.69) is 0 Å². The second-order valence-corrected chi connectivity index (χ2v) is 2.62. The third-order valence-electron chi connectivity index (χ3n) is 1.47. The van der Waals surface area contributed by atoms with Gasteiger partial charge in [0, 0.05) is 0 Å². The van der Waals surface area contributed by atoms with Crippen molar-refractivity contribution in [1.29, 1.82) is 0 Å². The number of aromatic carboxylic acids is 1. The lowest BCUT2D eigenvalue weighted by molar-refractivity contribution is 0.0697. The maximum absolute atomic E-state index is 12.8. The Hall–Kier alpha value is -1.42. The average molecular weight is 203 g/mol. The predicted molar refractivity (Wildman–Crippen MR) is 43.8 cm³/mol. The molecule has 13 heavy (non-hydrogen) atoms. The van der Waals surface area contributed by atoms with Crippen LogP contribution in [0.5, 0.6) is 0 Å². The highest BCUT2D eigenvalue weighted by Crippen LogP contribution is 2.22. The number of benzene rings is 1. The first-order valence-electron chi connectivity index (χ1n) is 3.24. The van der Waals surface area contributed by atoms with Crippen LogP contribution >= 0.6 is 11.6 Å². The van der Waals surface area contributed by atoms with Crippen LogP contribution in [0, 0.1) is 5.82 Å². The van der Waals surface area contributed by atoms with Crippen LogP contribution in [-0.2, 0) is 0 Å². The Morgan fingerprint density at radius 3 is 2.62 bits per heavy atom. The first-order chi connectivity index (χ1) is 6.07. The van der Waals surface area contributed by atoms with E-state index in [9.17, 15) is 14.0 Å². The summed E-state index contributed by atoms with van der Waals surface area (Å²) < 4.78 is 12.8. The van der Waals surface area contributed by atoms with Crippen molar-refractivity contribution in [2.75, 3.05) is 0 Å². The van der Waals surface area contributed by atoms with Gasteiger partial charge in [-0.15, -0.1) is 0 Å². The van der Waals surface area contributed by atoms with E-state index >= 15 is 0 Å². The summed E-state index contributed by atoms with van der Waals surface area (Å²) in [4.78, 5) is 20.8. The predicted octanol–water partition coefficient (Wildman–Crippen LogP) is 1.99. The zero-order valence-electron chi connectivity index (χ0n) is 6.25. The Morgan fingerprint density at radius 1 is 1.54 bits per heavy atom. The molecule has 1 aromatic carbocycles. The molecule has 0 atom stereocenters. The zero-order chi connectivity index (χ0) is 10.0. The first-order valence-corrected chi connectivity index (χ1v) is 3.62. The summed E-state index contributed by atoms with van der Waals surface area (Å²) in [5.74, 6) is -2.13. The summed E-state index contributed by atoms with van der Waals surface area (Å²) in [6.45, 7) is 0. The minimum Gasteiger partial charge on any atom is -0.478 e. The molecule has 0 amide bonds. The van der Waals surface area contributed by atoms with E-state index in [-0.39, 0.29) is 16.9 Å². The number of hydrogen-bond acceptors (Lipinski definition) is 2. The van der Waals surface area contributed by atoms with Gasteiger partial charge in [-0.05, 0) is 12.1 Å². The summed E-state index contributed by atoms with van der Waals surface area (Å²) in [5.41, 5.74) is -0.716. The van der Waals surface area contributed by atoms with Gasteiger partial charge < -0.3 is 5.11 Å². The number of rotatable bonds is 2. The van der Waals surface area contributed by atoms with Crippen molar-refractivity contribution < 1.29 is 19.1 Å². The molecule has 0 unspecified atom stereocenters. The second-order valence-electron chi connectivity index (χ2n) is 2.25. The highest BCUT2D eigenvalue weighted by atomic mass is 35.5. The highest BCUT2D eigenvalue weighted by Gasteiger charge is 2.15. The fraction of sp³-hybridized carbons (Fsp3) is 0. The largest absolute Gasteiger partial charge is 0.478 e. The molecule has 3 nitrogen and oxygen atoms in total. The van der Waals surface area contributed by atoms with Gasteiger partial charge in [-0.25, -0.2) is 9.18 Å². The average Bonchev–Trinajstić information content (AvgIpc) is 2.04. The van der Waals surface area contributed by atoms with Crippen LogP contribution < -0.4 is 0 Å². The van der Waals surface area contributed by atoms with Crippen molar-refractivity contribution in [2.45, 2.75) is 0 Å². The Labute approximate surface area is 77.7 Å². The number of halogens is 2. The van der Waals surface area contributed by atoms with Crippen LogP contribution in [0.2, 0.25) is 5.02 Å². The van der Waals surface area contributed by atoms with Gasteiger partial charge in [-0.1, -0.05) is 11.6 Å². The molecular weight excluding hydrogens is 199 g/mol. The summed E-state index contributed by atoms with van der Waals surface area (Å²) in [6, 6.07) is 1.89. The van der Waals surface area contributed by atoms with E-state index in [1.54, 1.807) is 0 Å². The molecule has 1 aromatic rings. The molecule has 5 heteroatoms. The monoisotopic (exact) mass is 202 g/mol. The number of carbonyl (C=O) groups excluding carboxylic acids is 1. The lowest BCUT2D eigenvalue weighted by atomic mass is 10.1. The van der Waals surface area contributed by atoms with Crippen molar-refractivity contribution in [3.63, 3.8) is 0 Å². The first kappa shape index (κ1) is 9.67. The summed E-state index contributed by atoms with van der Waals surface area (Å²) in [7, 11) is 0. The fourth-order valence-electron chi connectivity index (χ4n) is 0.843. The van der Waals surface area contributed by atoms with Crippen LogP contribution in [0.1, 0.15) is 20.7 Å². The number of carboxylic acid groups (broad SMARTS) is 1. The van der Waals surface area contributed by atoms with Crippen LogP contribution in [0.3, 0.4) is 0 Å². The lowest BCUT2D eigenvalue weighted by Gasteiger charge is -2.01. The molecule has 0 spiro atoms. The maximum atomic E-state index is 12.8. The van der Waals surface area contributed by atoms with E-state index in [1.165, 1.54) is 0 Å². The zero-order valence-corrected chi connectivity index (χ0v) is 7.01. The molecule has 1 rings (SSSR count). The van der Waals surface area contributed by atoms with Crippen molar-refractivity contribution in [3.8, 4) is 0 Å². The van der Waals surface area contributed by atoms with Crippen molar-refractivity contribution in [3.05, 3.63) is 34.1 Å². The molecule has 0 saturated carbocycles. The van der Waals surface area contributed by atoms with Gasteiger partial charge in [0.25, 0.3) is 0 Å². The molecule has 0 fully saturated rings. The van der Waals surface area contributed by atoms with E-state index < -0.39 is 17.3 Å². The number of hydrogen-bond donors (Lipinski definition) is 1. The molecule has 0 aromatic heterocycles. The van der Waals surface area contributed by atoms with Crippen molar-refractivity contribution in [2.24, 2.45) is 0 Å². The van der Waals surface area contributed by atoms with Gasteiger partial charge >= 0.3 is 5.97 Å². The van der Waals surface area contributed by atoms with Crippen LogP contribution in [0.25, 0.3) is 0 Å². The van der Waals surface area contributed by atoms with Gasteiger partial charge in [-0.2, -0.15) is 0 Å². The number of carboxylic acids is 1. The summed E-state index contributed by atoms with van der Waals surface area (Å²) in [6.07, 6.45) is 0.185. The highest BCUT2D eigenvalue weighted by molar-refractivity contribution is 6.35. The number of aldehydes is 1. The second kappa shape index (κ2) is 3.53. The van der Waals surface area contributed by atoms with E-state index in [4.69, 9.17) is 16.7 Å². The fourth-order valence-corrected chi connectivity index (χ4v) is 1.12. The Bertz CT molecular complexity index is 376. The smallest absolute Gasteiger partial charge is 0.337 e. The standard InChI is InChI=1S/C8H4ClFO3/c9-7-4(8(12)13)1-2-6(10)5(7)3-11/h1-3H,(H,12,13).